The van der Waals surface area contributed by atoms with Crippen LogP contribution in [0.3, 0.4) is 0 Å². The maximum atomic E-state index is 5.51. The van der Waals surface area contributed by atoms with Gasteiger partial charge in [0.15, 0.2) is 5.65 Å². The van der Waals surface area contributed by atoms with Crippen molar-refractivity contribution < 1.29 is 4.74 Å². The lowest BCUT2D eigenvalue weighted by Gasteiger charge is -2.24. The number of aryl methyl sites for hydroxylation is 2. The average molecular weight is 375 g/mol. The third-order valence-corrected chi connectivity index (χ3v) is 5.68. The number of aromatic nitrogens is 4. The summed E-state index contributed by atoms with van der Waals surface area (Å²) >= 11 is 0. The molecule has 3 aromatic heterocycles. The first-order chi connectivity index (χ1) is 13.7. The standard InChI is InChI=1S/C22H25N5O/c1-15-12-21-20(26(15)14-17-6-4-3-5-7-17)13-19(22-25-24-16(2)27(21)22)23-18-8-10-28-11-9-18/h3-7,12-13,18,23H,8-11,14H2,1-2H3. The maximum absolute atomic E-state index is 5.51. The van der Waals surface area contributed by atoms with E-state index in [1.54, 1.807) is 0 Å². The summed E-state index contributed by atoms with van der Waals surface area (Å²) in [6.07, 6.45) is 2.03. The van der Waals surface area contributed by atoms with E-state index in [4.69, 9.17) is 4.74 Å². The molecule has 1 N–H and O–H groups in total. The van der Waals surface area contributed by atoms with E-state index < -0.39 is 0 Å². The number of nitrogens with one attached hydrogen (secondary N) is 1. The molecule has 0 unspecified atom stereocenters. The number of benzene rings is 1. The summed E-state index contributed by atoms with van der Waals surface area (Å²) in [6.45, 7) is 6.65. The van der Waals surface area contributed by atoms with Crippen molar-refractivity contribution in [2.45, 2.75) is 39.3 Å². The Morgan fingerprint density at radius 1 is 1.04 bits per heavy atom. The van der Waals surface area contributed by atoms with E-state index in [0.29, 0.717) is 6.04 Å². The van der Waals surface area contributed by atoms with E-state index in [-0.39, 0.29) is 0 Å². The molecule has 4 heterocycles. The first-order valence-corrected chi connectivity index (χ1v) is 9.93. The Bertz CT molecular complexity index is 1120. The van der Waals surface area contributed by atoms with E-state index in [2.05, 4.69) is 73.9 Å². The van der Waals surface area contributed by atoms with Gasteiger partial charge < -0.3 is 14.6 Å². The van der Waals surface area contributed by atoms with Crippen molar-refractivity contribution in [3.63, 3.8) is 0 Å². The lowest BCUT2D eigenvalue weighted by atomic mass is 10.1. The SMILES string of the molecule is Cc1cc2c(cc(NC3CCOCC3)c3nnc(C)n32)n1Cc1ccccc1. The molecule has 144 valence electrons. The third kappa shape index (κ3) is 2.94. The third-order valence-electron chi connectivity index (χ3n) is 5.68. The van der Waals surface area contributed by atoms with Crippen LogP contribution >= 0.6 is 0 Å². The van der Waals surface area contributed by atoms with Crippen molar-refractivity contribution in [2.75, 3.05) is 18.5 Å². The highest BCUT2D eigenvalue weighted by atomic mass is 16.5. The second-order valence-corrected chi connectivity index (χ2v) is 7.62. The normalized spacial score (nSPS) is 15.5. The zero-order valence-corrected chi connectivity index (χ0v) is 16.4. The lowest BCUT2D eigenvalue weighted by molar-refractivity contribution is 0.0905. The number of hydrogen-bond acceptors (Lipinski definition) is 4. The summed E-state index contributed by atoms with van der Waals surface area (Å²) < 4.78 is 10.1. The maximum Gasteiger partial charge on any atom is 0.184 e. The summed E-state index contributed by atoms with van der Waals surface area (Å²) in [6, 6.07) is 15.5. The Morgan fingerprint density at radius 3 is 2.61 bits per heavy atom. The minimum Gasteiger partial charge on any atom is -0.381 e. The first-order valence-electron chi connectivity index (χ1n) is 9.93. The number of pyridine rings is 1. The molecule has 0 atom stereocenters. The molecule has 1 saturated heterocycles. The zero-order valence-electron chi connectivity index (χ0n) is 16.4. The number of hydrogen-bond donors (Lipinski definition) is 1. The second-order valence-electron chi connectivity index (χ2n) is 7.62. The van der Waals surface area contributed by atoms with E-state index in [1.165, 1.54) is 16.8 Å². The van der Waals surface area contributed by atoms with Crippen molar-refractivity contribution in [3.8, 4) is 0 Å². The van der Waals surface area contributed by atoms with Crippen LogP contribution in [0.2, 0.25) is 0 Å². The number of nitrogens with zero attached hydrogens (tertiary/aromatic N) is 4. The molecule has 1 aliphatic heterocycles. The Balaban J connectivity index is 1.65. The Morgan fingerprint density at radius 2 is 1.82 bits per heavy atom. The van der Waals surface area contributed by atoms with Crippen LogP contribution in [0.4, 0.5) is 5.69 Å². The largest absolute Gasteiger partial charge is 0.381 e. The van der Waals surface area contributed by atoms with E-state index in [1.807, 2.05) is 6.92 Å². The second kappa shape index (κ2) is 6.95. The molecule has 0 spiro atoms. The van der Waals surface area contributed by atoms with Crippen LogP contribution in [-0.4, -0.2) is 38.4 Å². The van der Waals surface area contributed by atoms with Crippen molar-refractivity contribution in [3.05, 3.63) is 59.5 Å². The van der Waals surface area contributed by atoms with Crippen LogP contribution in [0.15, 0.2) is 42.5 Å². The van der Waals surface area contributed by atoms with Gasteiger partial charge in [0.05, 0.1) is 16.7 Å². The van der Waals surface area contributed by atoms with Gasteiger partial charge in [-0.1, -0.05) is 30.3 Å². The molecular formula is C22H25N5O. The number of fused-ring (bicyclic) bond motifs is 3. The van der Waals surface area contributed by atoms with E-state index in [0.717, 1.165) is 55.3 Å². The molecule has 1 fully saturated rings. The number of rotatable bonds is 4. The van der Waals surface area contributed by atoms with E-state index in [9.17, 15) is 0 Å². The van der Waals surface area contributed by atoms with Gasteiger partial charge in [-0.15, -0.1) is 10.2 Å². The summed E-state index contributed by atoms with van der Waals surface area (Å²) in [5, 5.41) is 12.5. The van der Waals surface area contributed by atoms with Crippen LogP contribution in [-0.2, 0) is 11.3 Å². The van der Waals surface area contributed by atoms with Gasteiger partial charge in [-0.2, -0.15) is 0 Å². The van der Waals surface area contributed by atoms with Crippen molar-refractivity contribution in [2.24, 2.45) is 0 Å². The summed E-state index contributed by atoms with van der Waals surface area (Å²) in [4.78, 5) is 0. The smallest absolute Gasteiger partial charge is 0.184 e. The topological polar surface area (TPSA) is 56.4 Å². The highest BCUT2D eigenvalue weighted by Gasteiger charge is 2.19. The highest BCUT2D eigenvalue weighted by molar-refractivity contribution is 5.88. The van der Waals surface area contributed by atoms with Crippen molar-refractivity contribution in [1.82, 2.24) is 19.2 Å². The molecular weight excluding hydrogens is 350 g/mol. The van der Waals surface area contributed by atoms with Crippen LogP contribution in [0.1, 0.15) is 29.9 Å². The minimum atomic E-state index is 0.408. The molecule has 6 heteroatoms. The van der Waals surface area contributed by atoms with Crippen LogP contribution in [0.25, 0.3) is 16.7 Å². The fraction of sp³-hybridized carbons (Fsp3) is 0.364. The van der Waals surface area contributed by atoms with Gasteiger partial charge in [0, 0.05) is 31.5 Å². The highest BCUT2D eigenvalue weighted by Crippen LogP contribution is 2.29. The molecule has 1 aromatic carbocycles. The zero-order chi connectivity index (χ0) is 19.1. The predicted octanol–water partition coefficient (Wildman–Crippen LogP) is 3.94. The van der Waals surface area contributed by atoms with Crippen LogP contribution in [0.5, 0.6) is 0 Å². The molecule has 0 amide bonds. The Kier molecular flexibility index (Phi) is 4.28. The summed E-state index contributed by atoms with van der Waals surface area (Å²) in [5.74, 6) is 0.910. The summed E-state index contributed by atoms with van der Waals surface area (Å²) in [5.41, 5.74) is 6.83. The first kappa shape index (κ1) is 17.3. The van der Waals surface area contributed by atoms with Gasteiger partial charge in [-0.3, -0.25) is 4.40 Å². The Hall–Kier alpha value is -2.86. The quantitative estimate of drug-likeness (QED) is 0.587. The lowest BCUT2D eigenvalue weighted by Crippen LogP contribution is -2.28. The van der Waals surface area contributed by atoms with Gasteiger partial charge in [-0.05, 0) is 44.4 Å². The molecule has 0 radical (unpaired) electrons. The fourth-order valence-corrected chi connectivity index (χ4v) is 4.18. The van der Waals surface area contributed by atoms with Gasteiger partial charge >= 0.3 is 0 Å². The van der Waals surface area contributed by atoms with Gasteiger partial charge in [0.1, 0.15) is 5.82 Å². The number of anilines is 1. The van der Waals surface area contributed by atoms with Crippen LogP contribution < -0.4 is 5.32 Å². The van der Waals surface area contributed by atoms with Crippen LogP contribution in [0, 0.1) is 13.8 Å². The minimum absolute atomic E-state index is 0.408. The Labute approximate surface area is 164 Å². The van der Waals surface area contributed by atoms with Gasteiger partial charge in [-0.25, -0.2) is 0 Å². The number of ether oxygens (including phenoxy) is 1. The molecule has 0 aliphatic carbocycles. The molecule has 5 rings (SSSR count). The van der Waals surface area contributed by atoms with Gasteiger partial charge in [0.2, 0.25) is 0 Å². The molecule has 1 aliphatic rings. The molecule has 0 saturated carbocycles. The molecule has 0 bridgehead atoms. The average Bonchev–Trinajstić information content (AvgIpc) is 3.25. The van der Waals surface area contributed by atoms with E-state index >= 15 is 0 Å². The fourth-order valence-electron chi connectivity index (χ4n) is 4.18. The summed E-state index contributed by atoms with van der Waals surface area (Å²) in [7, 11) is 0. The molecule has 4 aromatic rings. The van der Waals surface area contributed by atoms with Crippen molar-refractivity contribution in [1.29, 1.82) is 0 Å². The van der Waals surface area contributed by atoms with Gasteiger partial charge in [0.25, 0.3) is 0 Å². The molecule has 6 nitrogen and oxygen atoms in total. The monoisotopic (exact) mass is 375 g/mol. The van der Waals surface area contributed by atoms with Crippen molar-refractivity contribution >= 4 is 22.4 Å². The predicted molar refractivity (Wildman–Crippen MR) is 111 cm³/mol. The molecule has 28 heavy (non-hydrogen) atoms.